The van der Waals surface area contributed by atoms with Crippen molar-refractivity contribution in [3.05, 3.63) is 71.7 Å². The number of ether oxygens (including phenoxy) is 3. The van der Waals surface area contributed by atoms with Crippen molar-refractivity contribution in [1.82, 2.24) is 15.1 Å². The summed E-state index contributed by atoms with van der Waals surface area (Å²) in [4.78, 5) is 14.7. The van der Waals surface area contributed by atoms with Gasteiger partial charge in [0.1, 0.15) is 17.0 Å². The van der Waals surface area contributed by atoms with Crippen LogP contribution in [0.1, 0.15) is 24.0 Å². The Morgan fingerprint density at radius 3 is 2.82 bits per heavy atom. The van der Waals surface area contributed by atoms with E-state index in [1.807, 2.05) is 6.07 Å². The van der Waals surface area contributed by atoms with E-state index in [0.29, 0.717) is 47.1 Å². The molecule has 0 radical (unpaired) electrons. The molecule has 3 aliphatic rings. The summed E-state index contributed by atoms with van der Waals surface area (Å²) in [6.45, 7) is 0.669. The molecule has 2 aromatic carbocycles. The van der Waals surface area contributed by atoms with Gasteiger partial charge in [-0.3, -0.25) is 4.90 Å². The molecule has 2 aliphatic heterocycles. The van der Waals surface area contributed by atoms with Crippen LogP contribution in [0.25, 0.3) is 0 Å². The molecule has 3 heterocycles. The summed E-state index contributed by atoms with van der Waals surface area (Å²) in [5.41, 5.74) is 0.901. The third kappa shape index (κ3) is 3.82. The normalized spacial score (nSPS) is 18.1. The van der Waals surface area contributed by atoms with E-state index in [2.05, 4.69) is 14.9 Å². The van der Waals surface area contributed by atoms with Crippen LogP contribution in [-0.2, 0) is 16.8 Å². The molecule has 1 spiro atoms. The van der Waals surface area contributed by atoms with Crippen molar-refractivity contribution in [2.75, 3.05) is 17.9 Å². The van der Waals surface area contributed by atoms with Gasteiger partial charge in [0, 0.05) is 34.7 Å². The van der Waals surface area contributed by atoms with Gasteiger partial charge in [-0.1, -0.05) is 12.1 Å². The lowest BCUT2D eigenvalue weighted by Crippen LogP contribution is -2.63. The van der Waals surface area contributed by atoms with Gasteiger partial charge in [-0.05, 0) is 49.1 Å². The van der Waals surface area contributed by atoms with Crippen LogP contribution in [0.2, 0.25) is 0 Å². The van der Waals surface area contributed by atoms with E-state index in [-0.39, 0.29) is 12.4 Å². The zero-order chi connectivity index (χ0) is 23.1. The standard InChI is InChI=1S/C24H21FN4O4S/c25-22-15(3-1-4-19(22)28-34-17-7-8-17)12-29-23(30)33-20-11-16(32-21-5-2-10-26-27-21)6-9-18(20)24(29)13-31-14-24/h1-6,9-11,17,28H,7-8,12-14H2. The van der Waals surface area contributed by atoms with Crippen LogP contribution >= 0.6 is 11.9 Å². The molecule has 0 bridgehead atoms. The largest absolute Gasteiger partial charge is 0.437 e. The third-order valence-electron chi connectivity index (χ3n) is 6.11. The van der Waals surface area contributed by atoms with E-state index < -0.39 is 11.6 Å². The van der Waals surface area contributed by atoms with Crippen LogP contribution in [0.5, 0.6) is 17.4 Å². The molecule has 1 saturated carbocycles. The predicted octanol–water partition coefficient (Wildman–Crippen LogP) is 4.87. The minimum atomic E-state index is -0.728. The Morgan fingerprint density at radius 1 is 1.21 bits per heavy atom. The molecule has 0 unspecified atom stereocenters. The Labute approximate surface area is 199 Å². The van der Waals surface area contributed by atoms with E-state index in [0.717, 1.165) is 18.4 Å². The fourth-order valence-electron chi connectivity index (χ4n) is 4.07. The Kier molecular flexibility index (Phi) is 5.26. The highest BCUT2D eigenvalue weighted by Crippen LogP contribution is 2.47. The lowest BCUT2D eigenvalue weighted by molar-refractivity contribution is -0.143. The first-order valence-electron chi connectivity index (χ1n) is 11.0. The van der Waals surface area contributed by atoms with Gasteiger partial charge in [-0.25, -0.2) is 9.18 Å². The third-order valence-corrected chi connectivity index (χ3v) is 7.25. The number of carbonyl (C=O) groups is 1. The Morgan fingerprint density at radius 2 is 2.09 bits per heavy atom. The summed E-state index contributed by atoms with van der Waals surface area (Å²) >= 11 is 1.54. The Balaban J connectivity index is 1.27. The number of nitrogens with zero attached hydrogens (tertiary/aromatic N) is 3. The molecule has 34 heavy (non-hydrogen) atoms. The van der Waals surface area contributed by atoms with Crippen molar-refractivity contribution in [1.29, 1.82) is 0 Å². The summed E-state index contributed by atoms with van der Waals surface area (Å²) in [5.74, 6) is 0.825. The molecule has 174 valence electrons. The maximum Gasteiger partial charge on any atom is 0.416 e. The molecule has 1 saturated heterocycles. The lowest BCUT2D eigenvalue weighted by Gasteiger charge is -2.51. The number of benzene rings is 2. The van der Waals surface area contributed by atoms with Gasteiger partial charge >= 0.3 is 6.09 Å². The van der Waals surface area contributed by atoms with Gasteiger partial charge in [0.2, 0.25) is 5.88 Å². The molecular weight excluding hydrogens is 459 g/mol. The summed E-state index contributed by atoms with van der Waals surface area (Å²) in [5, 5.41) is 8.24. The van der Waals surface area contributed by atoms with Crippen molar-refractivity contribution in [2.45, 2.75) is 30.2 Å². The number of aromatic nitrogens is 2. The minimum absolute atomic E-state index is 0.0644. The number of hydrogen-bond donors (Lipinski definition) is 1. The number of halogens is 1. The van der Waals surface area contributed by atoms with Gasteiger partial charge in [-0.15, -0.1) is 5.10 Å². The first-order chi connectivity index (χ1) is 16.6. The van der Waals surface area contributed by atoms with E-state index in [9.17, 15) is 4.79 Å². The number of carbonyl (C=O) groups excluding carboxylic acids is 1. The average molecular weight is 481 g/mol. The highest BCUT2D eigenvalue weighted by molar-refractivity contribution is 8.01. The molecule has 1 amide bonds. The van der Waals surface area contributed by atoms with Gasteiger partial charge in [0.25, 0.3) is 0 Å². The van der Waals surface area contributed by atoms with E-state index in [1.165, 1.54) is 11.9 Å². The second-order valence-electron chi connectivity index (χ2n) is 8.50. The summed E-state index contributed by atoms with van der Waals surface area (Å²) in [7, 11) is 0. The SMILES string of the molecule is O=C1Oc2cc(Oc3cccnn3)ccc2C2(COC2)N1Cc1cccc(NSC2CC2)c1F. The van der Waals surface area contributed by atoms with Gasteiger partial charge in [-0.2, -0.15) is 5.10 Å². The summed E-state index contributed by atoms with van der Waals surface area (Å²) in [6.07, 6.45) is 3.28. The molecule has 1 aliphatic carbocycles. The molecule has 1 N–H and O–H groups in total. The fourth-order valence-corrected chi connectivity index (χ4v) is 4.90. The topological polar surface area (TPSA) is 85.8 Å². The van der Waals surface area contributed by atoms with E-state index in [1.54, 1.807) is 53.6 Å². The number of nitrogens with one attached hydrogen (secondary N) is 1. The van der Waals surface area contributed by atoms with Gasteiger partial charge in [0.05, 0.1) is 25.4 Å². The number of fused-ring (bicyclic) bond motifs is 2. The van der Waals surface area contributed by atoms with E-state index >= 15 is 4.39 Å². The number of amides is 1. The van der Waals surface area contributed by atoms with Crippen LogP contribution in [0.3, 0.4) is 0 Å². The molecule has 8 nitrogen and oxygen atoms in total. The zero-order valence-corrected chi connectivity index (χ0v) is 18.9. The van der Waals surface area contributed by atoms with Crippen molar-refractivity contribution >= 4 is 23.7 Å². The molecule has 1 aromatic heterocycles. The molecule has 10 heteroatoms. The molecule has 6 rings (SSSR count). The molecule has 2 fully saturated rings. The fraction of sp³-hybridized carbons (Fsp3) is 0.292. The smallest absolute Gasteiger partial charge is 0.416 e. The van der Waals surface area contributed by atoms with Crippen LogP contribution in [0, 0.1) is 5.82 Å². The quantitative estimate of drug-likeness (QED) is 0.480. The van der Waals surface area contributed by atoms with Crippen LogP contribution in [0.15, 0.2) is 54.7 Å². The van der Waals surface area contributed by atoms with Gasteiger partial charge in [0.15, 0.2) is 5.82 Å². The Hall–Kier alpha value is -3.37. The van der Waals surface area contributed by atoms with Gasteiger partial charge < -0.3 is 18.9 Å². The average Bonchev–Trinajstić information content (AvgIpc) is 3.64. The highest BCUT2D eigenvalue weighted by Gasteiger charge is 2.53. The zero-order valence-electron chi connectivity index (χ0n) is 18.1. The first-order valence-corrected chi connectivity index (χ1v) is 11.9. The van der Waals surface area contributed by atoms with E-state index in [4.69, 9.17) is 14.2 Å². The summed E-state index contributed by atoms with van der Waals surface area (Å²) in [6, 6.07) is 13.9. The molecule has 0 atom stereocenters. The van der Waals surface area contributed by atoms with Crippen LogP contribution < -0.4 is 14.2 Å². The second-order valence-corrected chi connectivity index (χ2v) is 9.60. The Bertz CT molecular complexity index is 1240. The van der Waals surface area contributed by atoms with Crippen molar-refractivity contribution in [2.24, 2.45) is 0 Å². The van der Waals surface area contributed by atoms with Crippen LogP contribution in [0.4, 0.5) is 14.9 Å². The maximum atomic E-state index is 15.2. The maximum absolute atomic E-state index is 15.2. The lowest BCUT2D eigenvalue weighted by atomic mass is 9.84. The monoisotopic (exact) mass is 480 g/mol. The second kappa shape index (κ2) is 8.44. The number of hydrogen-bond acceptors (Lipinski definition) is 8. The summed E-state index contributed by atoms with van der Waals surface area (Å²) < 4.78 is 35.3. The van der Waals surface area contributed by atoms with Crippen molar-refractivity contribution in [3.63, 3.8) is 0 Å². The number of rotatable bonds is 7. The van der Waals surface area contributed by atoms with Crippen molar-refractivity contribution < 1.29 is 23.4 Å². The first kappa shape index (κ1) is 21.2. The predicted molar refractivity (Wildman–Crippen MR) is 123 cm³/mol. The van der Waals surface area contributed by atoms with Crippen molar-refractivity contribution in [3.8, 4) is 17.4 Å². The molecular formula is C24H21FN4O4S. The minimum Gasteiger partial charge on any atom is -0.437 e. The molecule has 3 aromatic rings. The van der Waals surface area contributed by atoms with Crippen LogP contribution in [-0.4, -0.2) is 39.7 Å². The number of anilines is 1. The highest BCUT2D eigenvalue weighted by atomic mass is 32.2.